The van der Waals surface area contributed by atoms with Gasteiger partial charge < -0.3 is 21.3 Å². The Hall–Kier alpha value is -5.76. The van der Waals surface area contributed by atoms with Crippen LogP contribution in [0.2, 0.25) is 0 Å². The van der Waals surface area contributed by atoms with E-state index in [1.54, 1.807) is 31.6 Å². The van der Waals surface area contributed by atoms with E-state index in [0.717, 1.165) is 50.8 Å². The molecule has 0 amide bonds. The summed E-state index contributed by atoms with van der Waals surface area (Å²) < 4.78 is 5.17. The zero-order valence-corrected chi connectivity index (χ0v) is 23.8. The topological polar surface area (TPSA) is 133 Å². The molecule has 0 aliphatic rings. The molecule has 2 heterocycles. The summed E-state index contributed by atoms with van der Waals surface area (Å²) >= 11 is 0. The second-order valence-corrected chi connectivity index (χ2v) is 9.77. The Bertz CT molecular complexity index is 1760. The lowest BCUT2D eigenvalue weighted by Crippen LogP contribution is -2.03. The average molecular weight is 569 g/mol. The quantitative estimate of drug-likeness (QED) is 0.203. The van der Waals surface area contributed by atoms with Crippen molar-refractivity contribution in [3.8, 4) is 34.0 Å². The van der Waals surface area contributed by atoms with E-state index in [4.69, 9.17) is 16.2 Å². The van der Waals surface area contributed by atoms with Crippen LogP contribution in [0.5, 0.6) is 11.5 Å². The minimum absolute atomic E-state index is 0.228. The standard InChI is InChI=1S/C18H17N3O.C17H15N3O/c1-22-15-9-7-14(8-10-15)17-12-20-18(19)16(21-17)11-13-5-3-2-4-6-13;18-17-15(10-12-4-2-1-3-5-12)20-16(11-19-17)13-6-8-14(21)9-7-13/h2-10,12H,11H2,1H3,(H2,19,20);1-9,11,21H,10H2,(H2,18,19). The number of aromatic hydroxyl groups is 1. The summed E-state index contributed by atoms with van der Waals surface area (Å²) in [5, 5.41) is 9.34. The van der Waals surface area contributed by atoms with Gasteiger partial charge in [-0.2, -0.15) is 0 Å². The number of methoxy groups -OCH3 is 1. The van der Waals surface area contributed by atoms with Crippen LogP contribution in [0.25, 0.3) is 22.5 Å². The van der Waals surface area contributed by atoms with Crippen molar-refractivity contribution in [2.45, 2.75) is 12.8 Å². The molecule has 4 aromatic carbocycles. The summed E-state index contributed by atoms with van der Waals surface area (Å²) in [5.74, 6) is 1.96. The lowest BCUT2D eigenvalue weighted by molar-refractivity contribution is 0.415. The maximum absolute atomic E-state index is 9.34. The first-order chi connectivity index (χ1) is 21.0. The van der Waals surface area contributed by atoms with Crippen molar-refractivity contribution in [2.75, 3.05) is 18.6 Å². The van der Waals surface area contributed by atoms with Crippen LogP contribution in [0.4, 0.5) is 11.6 Å². The Labute approximate surface area is 250 Å². The van der Waals surface area contributed by atoms with E-state index in [0.29, 0.717) is 24.5 Å². The number of phenolic OH excluding ortho intramolecular Hbond substituents is 1. The number of hydrogen-bond donors (Lipinski definition) is 3. The molecule has 0 fully saturated rings. The van der Waals surface area contributed by atoms with Crippen LogP contribution in [0, 0.1) is 0 Å². The SMILES string of the molecule is COc1ccc(-c2cnc(N)c(Cc3ccccc3)n2)cc1.Nc1ncc(-c2ccc(O)cc2)nc1Cc1ccccc1. The third-order valence-electron chi connectivity index (χ3n) is 6.73. The highest BCUT2D eigenvalue weighted by molar-refractivity contribution is 5.62. The summed E-state index contributed by atoms with van der Waals surface area (Å²) in [6.07, 6.45) is 4.66. The molecule has 0 radical (unpaired) electrons. The van der Waals surface area contributed by atoms with Gasteiger partial charge in [-0.15, -0.1) is 0 Å². The van der Waals surface area contributed by atoms with Gasteiger partial charge in [0.25, 0.3) is 0 Å². The Kier molecular flexibility index (Phi) is 9.19. The average Bonchev–Trinajstić information content (AvgIpc) is 3.05. The highest BCUT2D eigenvalue weighted by Crippen LogP contribution is 2.24. The molecule has 8 heteroatoms. The number of hydrogen-bond acceptors (Lipinski definition) is 8. The third-order valence-corrected chi connectivity index (χ3v) is 6.73. The third kappa shape index (κ3) is 7.71. The molecule has 0 aliphatic heterocycles. The minimum Gasteiger partial charge on any atom is -0.508 e. The number of ether oxygens (including phenoxy) is 1. The fraction of sp³-hybridized carbons (Fsp3) is 0.0857. The van der Waals surface area contributed by atoms with Crippen LogP contribution in [-0.4, -0.2) is 32.2 Å². The molecule has 0 aliphatic carbocycles. The molecule has 2 aromatic heterocycles. The van der Waals surface area contributed by atoms with Crippen LogP contribution in [0.1, 0.15) is 22.5 Å². The maximum atomic E-state index is 9.34. The van der Waals surface area contributed by atoms with Crippen LogP contribution in [0.3, 0.4) is 0 Å². The van der Waals surface area contributed by atoms with E-state index in [2.05, 4.69) is 32.1 Å². The number of rotatable bonds is 7. The molecular weight excluding hydrogens is 536 g/mol. The maximum Gasteiger partial charge on any atom is 0.145 e. The summed E-state index contributed by atoms with van der Waals surface area (Å²) in [5.41, 5.74) is 19.2. The molecule has 43 heavy (non-hydrogen) atoms. The van der Waals surface area contributed by atoms with Crippen LogP contribution >= 0.6 is 0 Å². The predicted molar refractivity (Wildman–Crippen MR) is 170 cm³/mol. The van der Waals surface area contributed by atoms with Gasteiger partial charge in [-0.1, -0.05) is 60.7 Å². The number of anilines is 2. The number of phenols is 1. The van der Waals surface area contributed by atoms with Gasteiger partial charge in [0, 0.05) is 24.0 Å². The number of aromatic nitrogens is 4. The van der Waals surface area contributed by atoms with E-state index >= 15 is 0 Å². The summed E-state index contributed by atoms with van der Waals surface area (Å²) in [4.78, 5) is 17.8. The van der Waals surface area contributed by atoms with E-state index in [9.17, 15) is 5.11 Å². The lowest BCUT2D eigenvalue weighted by Gasteiger charge is -2.08. The van der Waals surface area contributed by atoms with E-state index in [1.807, 2.05) is 84.9 Å². The van der Waals surface area contributed by atoms with Crippen molar-refractivity contribution >= 4 is 11.6 Å². The molecule has 0 saturated carbocycles. The monoisotopic (exact) mass is 568 g/mol. The molecule has 0 spiro atoms. The first kappa shape index (κ1) is 28.8. The molecule has 8 nitrogen and oxygen atoms in total. The van der Waals surface area contributed by atoms with Crippen molar-refractivity contribution in [3.05, 3.63) is 144 Å². The molecule has 6 rings (SSSR count). The van der Waals surface area contributed by atoms with E-state index in [-0.39, 0.29) is 5.75 Å². The molecule has 0 unspecified atom stereocenters. The Morgan fingerprint density at radius 1 is 0.581 bits per heavy atom. The van der Waals surface area contributed by atoms with Gasteiger partial charge in [0.2, 0.25) is 0 Å². The first-order valence-electron chi connectivity index (χ1n) is 13.7. The molecule has 0 saturated heterocycles. The van der Waals surface area contributed by atoms with Gasteiger partial charge in [0.15, 0.2) is 0 Å². The van der Waals surface area contributed by atoms with Crippen LogP contribution in [0.15, 0.2) is 122 Å². The molecule has 0 atom stereocenters. The second-order valence-electron chi connectivity index (χ2n) is 9.77. The smallest absolute Gasteiger partial charge is 0.145 e. The predicted octanol–water partition coefficient (Wildman–Crippen LogP) is 6.35. The summed E-state index contributed by atoms with van der Waals surface area (Å²) in [6, 6.07) is 34.8. The van der Waals surface area contributed by atoms with Crippen molar-refractivity contribution in [2.24, 2.45) is 0 Å². The lowest BCUT2D eigenvalue weighted by atomic mass is 10.1. The zero-order chi connectivity index (χ0) is 30.0. The van der Waals surface area contributed by atoms with Gasteiger partial charge in [-0.25, -0.2) is 19.9 Å². The molecular formula is C35H32N6O2. The van der Waals surface area contributed by atoms with Crippen LogP contribution < -0.4 is 16.2 Å². The largest absolute Gasteiger partial charge is 0.508 e. The van der Waals surface area contributed by atoms with Crippen molar-refractivity contribution < 1.29 is 9.84 Å². The molecule has 6 aromatic rings. The fourth-order valence-electron chi connectivity index (χ4n) is 4.38. The van der Waals surface area contributed by atoms with Gasteiger partial charge in [0.1, 0.15) is 23.1 Å². The van der Waals surface area contributed by atoms with Gasteiger partial charge in [-0.3, -0.25) is 0 Å². The second kappa shape index (κ2) is 13.7. The Morgan fingerprint density at radius 3 is 1.42 bits per heavy atom. The van der Waals surface area contributed by atoms with Gasteiger partial charge >= 0.3 is 0 Å². The molecule has 214 valence electrons. The van der Waals surface area contributed by atoms with Crippen molar-refractivity contribution in [1.82, 2.24) is 19.9 Å². The molecule has 5 N–H and O–H groups in total. The summed E-state index contributed by atoms with van der Waals surface area (Å²) in [7, 11) is 1.65. The first-order valence-corrected chi connectivity index (χ1v) is 13.7. The number of nitrogen functional groups attached to an aromatic ring is 2. The Balaban J connectivity index is 0.000000171. The summed E-state index contributed by atoms with van der Waals surface area (Å²) in [6.45, 7) is 0. The van der Waals surface area contributed by atoms with Gasteiger partial charge in [-0.05, 0) is 59.7 Å². The molecule has 0 bridgehead atoms. The van der Waals surface area contributed by atoms with Gasteiger partial charge in [0.05, 0.1) is 42.3 Å². The highest BCUT2D eigenvalue weighted by atomic mass is 16.5. The fourth-order valence-corrected chi connectivity index (χ4v) is 4.38. The number of nitrogens with two attached hydrogens (primary N) is 2. The van der Waals surface area contributed by atoms with E-state index < -0.39 is 0 Å². The van der Waals surface area contributed by atoms with Crippen molar-refractivity contribution in [1.29, 1.82) is 0 Å². The van der Waals surface area contributed by atoms with E-state index in [1.165, 1.54) is 0 Å². The zero-order valence-electron chi connectivity index (χ0n) is 23.8. The number of nitrogens with zero attached hydrogens (tertiary/aromatic N) is 4. The minimum atomic E-state index is 0.228. The Morgan fingerprint density at radius 2 is 1.00 bits per heavy atom. The normalized spacial score (nSPS) is 10.4. The van der Waals surface area contributed by atoms with Crippen molar-refractivity contribution in [3.63, 3.8) is 0 Å². The van der Waals surface area contributed by atoms with Crippen LogP contribution in [-0.2, 0) is 12.8 Å². The number of benzene rings is 4. The highest BCUT2D eigenvalue weighted by Gasteiger charge is 2.09.